The molecule has 0 radical (unpaired) electrons. The molecule has 0 spiro atoms. The van der Waals surface area contributed by atoms with Crippen LogP contribution in [0.15, 0.2) is 0 Å². The number of amides is 1. The van der Waals surface area contributed by atoms with Crippen molar-refractivity contribution < 1.29 is 18.3 Å². The van der Waals surface area contributed by atoms with Crippen molar-refractivity contribution in [2.75, 3.05) is 30.4 Å². The van der Waals surface area contributed by atoms with E-state index in [0.717, 1.165) is 0 Å². The quantitative estimate of drug-likeness (QED) is 0.649. The second kappa shape index (κ2) is 5.41. The Labute approximate surface area is 116 Å². The number of aliphatic hydroxyl groups is 1. The third kappa shape index (κ3) is 2.78. The van der Waals surface area contributed by atoms with Crippen LogP contribution in [0.3, 0.4) is 0 Å². The lowest BCUT2D eigenvalue weighted by Crippen LogP contribution is -2.43. The van der Waals surface area contributed by atoms with Gasteiger partial charge in [-0.15, -0.1) is 0 Å². The maximum absolute atomic E-state index is 12.4. The van der Waals surface area contributed by atoms with Gasteiger partial charge in [-0.25, -0.2) is 8.42 Å². The van der Waals surface area contributed by atoms with Crippen LogP contribution in [0.4, 0.5) is 5.69 Å². The molecule has 1 atom stereocenters. The van der Waals surface area contributed by atoms with E-state index in [1.807, 2.05) is 0 Å². The highest BCUT2D eigenvalue weighted by molar-refractivity contribution is 7.91. The number of aryl methyl sites for hydroxylation is 1. The molecule has 1 amide bonds. The molecular formula is C11H18N4O4S. The SMILES string of the molecule is Cc1[nH]nc(C(=O)N(CCO)C2CCS(=O)(=O)C2)c1N. The molecule has 0 aromatic carbocycles. The molecule has 1 aromatic heterocycles. The summed E-state index contributed by atoms with van der Waals surface area (Å²) in [6.07, 6.45) is 0.372. The summed E-state index contributed by atoms with van der Waals surface area (Å²) in [6.45, 7) is 1.51. The molecule has 0 aliphatic carbocycles. The third-order valence-electron chi connectivity index (χ3n) is 3.45. The van der Waals surface area contributed by atoms with E-state index in [-0.39, 0.29) is 36.0 Å². The van der Waals surface area contributed by atoms with Crippen LogP contribution >= 0.6 is 0 Å². The van der Waals surface area contributed by atoms with E-state index in [9.17, 15) is 13.2 Å². The minimum Gasteiger partial charge on any atom is -0.395 e. The molecule has 1 fully saturated rings. The van der Waals surface area contributed by atoms with Gasteiger partial charge in [-0.05, 0) is 13.3 Å². The number of hydrogen-bond acceptors (Lipinski definition) is 6. The van der Waals surface area contributed by atoms with E-state index in [0.29, 0.717) is 12.1 Å². The zero-order valence-electron chi connectivity index (χ0n) is 11.2. The Bertz CT molecular complexity index is 610. The van der Waals surface area contributed by atoms with Crippen LogP contribution in [0.2, 0.25) is 0 Å². The van der Waals surface area contributed by atoms with Gasteiger partial charge in [-0.1, -0.05) is 0 Å². The first-order valence-electron chi connectivity index (χ1n) is 6.28. The standard InChI is InChI=1S/C11H18N4O4S/c1-7-9(12)10(14-13-7)11(17)15(3-4-16)8-2-5-20(18,19)6-8/h8,16H,2-6,12H2,1H3,(H,13,14). The maximum atomic E-state index is 12.4. The van der Waals surface area contributed by atoms with Gasteiger partial charge in [0.2, 0.25) is 0 Å². The van der Waals surface area contributed by atoms with E-state index >= 15 is 0 Å². The van der Waals surface area contributed by atoms with E-state index in [1.165, 1.54) is 4.90 Å². The normalized spacial score (nSPS) is 21.0. The van der Waals surface area contributed by atoms with E-state index in [4.69, 9.17) is 10.8 Å². The molecule has 1 aliphatic rings. The number of nitrogens with two attached hydrogens (primary N) is 1. The molecule has 4 N–H and O–H groups in total. The number of aromatic amines is 1. The Balaban J connectivity index is 2.25. The summed E-state index contributed by atoms with van der Waals surface area (Å²) >= 11 is 0. The molecule has 0 bridgehead atoms. The van der Waals surface area contributed by atoms with Gasteiger partial charge in [0.25, 0.3) is 5.91 Å². The fourth-order valence-electron chi connectivity index (χ4n) is 2.32. The van der Waals surface area contributed by atoms with Crippen LogP contribution < -0.4 is 5.73 Å². The van der Waals surface area contributed by atoms with Crippen molar-refractivity contribution in [3.63, 3.8) is 0 Å². The number of nitrogens with zero attached hydrogens (tertiary/aromatic N) is 2. The van der Waals surface area contributed by atoms with Crippen molar-refractivity contribution in [2.24, 2.45) is 0 Å². The molecule has 20 heavy (non-hydrogen) atoms. The summed E-state index contributed by atoms with van der Waals surface area (Å²) in [5.74, 6) is -0.479. The summed E-state index contributed by atoms with van der Waals surface area (Å²) in [6, 6.07) is -0.434. The number of nitrogen functional groups attached to an aromatic ring is 1. The number of hydrogen-bond donors (Lipinski definition) is 3. The number of rotatable bonds is 4. The van der Waals surface area contributed by atoms with Gasteiger partial charge in [0.1, 0.15) is 0 Å². The predicted molar refractivity (Wildman–Crippen MR) is 72.9 cm³/mol. The van der Waals surface area contributed by atoms with Crippen molar-refractivity contribution in [2.45, 2.75) is 19.4 Å². The highest BCUT2D eigenvalue weighted by Crippen LogP contribution is 2.22. The number of carbonyl (C=O) groups excluding carboxylic acids is 1. The molecular weight excluding hydrogens is 284 g/mol. The Hall–Kier alpha value is -1.61. The Morgan fingerprint density at radius 2 is 2.30 bits per heavy atom. The summed E-state index contributed by atoms with van der Waals surface area (Å²) in [4.78, 5) is 13.8. The van der Waals surface area contributed by atoms with Crippen molar-refractivity contribution in [3.05, 3.63) is 11.4 Å². The summed E-state index contributed by atoms with van der Waals surface area (Å²) in [7, 11) is -3.11. The van der Waals surface area contributed by atoms with Gasteiger partial charge in [0.05, 0.1) is 29.5 Å². The summed E-state index contributed by atoms with van der Waals surface area (Å²) < 4.78 is 23.1. The van der Waals surface area contributed by atoms with Gasteiger partial charge >= 0.3 is 0 Å². The van der Waals surface area contributed by atoms with Crippen molar-refractivity contribution in [1.29, 1.82) is 0 Å². The lowest BCUT2D eigenvalue weighted by Gasteiger charge is -2.26. The van der Waals surface area contributed by atoms with Gasteiger partial charge in [-0.3, -0.25) is 9.89 Å². The fraction of sp³-hybridized carbons (Fsp3) is 0.636. The highest BCUT2D eigenvalue weighted by atomic mass is 32.2. The van der Waals surface area contributed by atoms with Crippen LogP contribution in [0.25, 0.3) is 0 Å². The van der Waals surface area contributed by atoms with Crippen LogP contribution in [0.1, 0.15) is 22.6 Å². The van der Waals surface area contributed by atoms with Gasteiger partial charge < -0.3 is 15.7 Å². The number of nitrogens with one attached hydrogen (secondary N) is 1. The van der Waals surface area contributed by atoms with Crippen LogP contribution in [-0.4, -0.2) is 65.2 Å². The van der Waals surface area contributed by atoms with Crippen LogP contribution in [0, 0.1) is 6.92 Å². The zero-order chi connectivity index (χ0) is 14.9. The topological polar surface area (TPSA) is 129 Å². The molecule has 9 heteroatoms. The predicted octanol–water partition coefficient (Wildman–Crippen LogP) is -1.08. The summed E-state index contributed by atoms with van der Waals surface area (Å²) in [5.41, 5.74) is 6.67. The molecule has 1 aromatic rings. The first-order chi connectivity index (χ1) is 9.35. The minimum atomic E-state index is -3.11. The lowest BCUT2D eigenvalue weighted by molar-refractivity contribution is 0.0650. The Kier molecular flexibility index (Phi) is 4.00. The first-order valence-corrected chi connectivity index (χ1v) is 8.10. The lowest BCUT2D eigenvalue weighted by atomic mass is 10.2. The number of sulfone groups is 1. The maximum Gasteiger partial charge on any atom is 0.276 e. The first kappa shape index (κ1) is 14.8. The molecule has 1 unspecified atom stereocenters. The monoisotopic (exact) mass is 302 g/mol. The van der Waals surface area contributed by atoms with Crippen molar-refractivity contribution in [3.8, 4) is 0 Å². The largest absolute Gasteiger partial charge is 0.395 e. The van der Waals surface area contributed by atoms with E-state index < -0.39 is 21.8 Å². The van der Waals surface area contributed by atoms with Crippen molar-refractivity contribution >= 4 is 21.4 Å². The number of aliphatic hydroxyl groups excluding tert-OH is 1. The van der Waals surface area contributed by atoms with E-state index in [2.05, 4.69) is 10.2 Å². The number of carbonyl (C=O) groups is 1. The number of anilines is 1. The average molecular weight is 302 g/mol. The van der Waals surface area contributed by atoms with Crippen molar-refractivity contribution in [1.82, 2.24) is 15.1 Å². The Morgan fingerprint density at radius 3 is 2.75 bits per heavy atom. The smallest absolute Gasteiger partial charge is 0.276 e. The van der Waals surface area contributed by atoms with E-state index in [1.54, 1.807) is 6.92 Å². The molecule has 112 valence electrons. The second-order valence-corrected chi connectivity index (χ2v) is 7.12. The van der Waals surface area contributed by atoms with Gasteiger partial charge in [-0.2, -0.15) is 5.10 Å². The zero-order valence-corrected chi connectivity index (χ0v) is 12.0. The average Bonchev–Trinajstić information content (AvgIpc) is 2.90. The fourth-order valence-corrected chi connectivity index (χ4v) is 4.05. The van der Waals surface area contributed by atoms with Gasteiger partial charge in [0.15, 0.2) is 15.5 Å². The Morgan fingerprint density at radius 1 is 1.60 bits per heavy atom. The van der Waals surface area contributed by atoms with Crippen LogP contribution in [0.5, 0.6) is 0 Å². The molecule has 2 heterocycles. The molecule has 1 saturated heterocycles. The minimum absolute atomic E-state index is 0.0575. The molecule has 8 nitrogen and oxygen atoms in total. The molecule has 1 aliphatic heterocycles. The molecule has 2 rings (SSSR count). The van der Waals surface area contributed by atoms with Gasteiger partial charge in [0, 0.05) is 12.6 Å². The highest BCUT2D eigenvalue weighted by Gasteiger charge is 2.36. The third-order valence-corrected chi connectivity index (χ3v) is 5.20. The number of aromatic nitrogens is 2. The summed E-state index contributed by atoms with van der Waals surface area (Å²) in [5, 5.41) is 15.6. The van der Waals surface area contributed by atoms with Crippen LogP contribution in [-0.2, 0) is 9.84 Å². The number of H-pyrrole nitrogens is 1. The molecule has 0 saturated carbocycles. The second-order valence-electron chi connectivity index (χ2n) is 4.89.